The molecule has 0 amide bonds. The van der Waals surface area contributed by atoms with Crippen molar-refractivity contribution in [3.63, 3.8) is 0 Å². The van der Waals surface area contributed by atoms with Gasteiger partial charge in [0.25, 0.3) is 0 Å². The molecule has 1 aromatic heterocycles. The number of aromatic nitrogens is 2. The van der Waals surface area contributed by atoms with E-state index in [1.54, 1.807) is 0 Å². The Bertz CT molecular complexity index is 252. The van der Waals surface area contributed by atoms with E-state index in [1.165, 1.54) is 0 Å². The molecule has 60 valence electrons. The summed E-state index contributed by atoms with van der Waals surface area (Å²) in [6.07, 6.45) is 0.803. The lowest BCUT2D eigenvalue weighted by atomic mass is 10.4. The second-order valence-corrected chi connectivity index (χ2v) is 3.49. The number of nitrogens with zero attached hydrogens (tertiary/aromatic N) is 2. The third-order valence-corrected chi connectivity index (χ3v) is 2.42. The zero-order valence-electron chi connectivity index (χ0n) is 5.93. The first-order valence-electron chi connectivity index (χ1n) is 3.12. The molecule has 2 N–H and O–H groups in total. The molecule has 0 spiro atoms. The smallest absolute Gasteiger partial charge is 0.133 e. The minimum Gasteiger partial charge on any atom is -0.394 e. The molecule has 0 aliphatic carbocycles. The Morgan fingerprint density at radius 2 is 1.73 bits per heavy atom. The van der Waals surface area contributed by atoms with E-state index in [9.17, 15) is 0 Å². The summed E-state index contributed by atoms with van der Waals surface area (Å²) >= 11 is 6.46. The number of halogens is 2. The molecule has 0 saturated heterocycles. The molecule has 3 nitrogen and oxygen atoms in total. The maximum atomic E-state index is 5.59. The van der Waals surface area contributed by atoms with Crippen molar-refractivity contribution in [2.75, 3.05) is 5.73 Å². The van der Waals surface area contributed by atoms with Crippen molar-refractivity contribution < 1.29 is 0 Å². The monoisotopic (exact) mass is 279 g/mol. The van der Waals surface area contributed by atoms with Crippen molar-refractivity contribution in [3.05, 3.63) is 15.0 Å². The van der Waals surface area contributed by atoms with Crippen LogP contribution in [0.2, 0.25) is 0 Å². The van der Waals surface area contributed by atoms with E-state index in [4.69, 9.17) is 5.73 Å². The molecular weight excluding hydrogens is 274 g/mol. The third-order valence-electron chi connectivity index (χ3n) is 1.22. The Labute approximate surface area is 81.7 Å². The van der Waals surface area contributed by atoms with Crippen LogP contribution in [0.15, 0.2) is 9.21 Å². The number of hydrogen-bond acceptors (Lipinski definition) is 3. The van der Waals surface area contributed by atoms with Crippen LogP contribution in [0.4, 0.5) is 5.69 Å². The van der Waals surface area contributed by atoms with Gasteiger partial charge in [-0.25, -0.2) is 9.97 Å². The predicted molar refractivity (Wildman–Crippen MR) is 51.2 cm³/mol. The molecule has 1 aromatic rings. The second-order valence-electron chi connectivity index (χ2n) is 1.99. The lowest BCUT2D eigenvalue weighted by molar-refractivity contribution is 0.919. The van der Waals surface area contributed by atoms with Gasteiger partial charge in [0.05, 0.1) is 5.69 Å². The van der Waals surface area contributed by atoms with Gasteiger partial charge in [-0.05, 0) is 31.9 Å². The summed E-state index contributed by atoms with van der Waals surface area (Å²) in [4.78, 5) is 8.21. The van der Waals surface area contributed by atoms with Crippen LogP contribution in [0.1, 0.15) is 12.7 Å². The second kappa shape index (κ2) is 3.49. The van der Waals surface area contributed by atoms with Crippen LogP contribution in [0, 0.1) is 0 Å². The van der Waals surface area contributed by atoms with Crippen molar-refractivity contribution in [1.29, 1.82) is 0 Å². The van der Waals surface area contributed by atoms with Crippen molar-refractivity contribution in [1.82, 2.24) is 9.97 Å². The highest BCUT2D eigenvalue weighted by Crippen LogP contribution is 2.23. The standard InChI is InChI=1S/C6H7Br2N3/c1-2-3-10-5(7)4(9)6(8)11-3/h2,9H2,1H3. The van der Waals surface area contributed by atoms with Crippen LogP contribution in [0.3, 0.4) is 0 Å². The number of anilines is 1. The third kappa shape index (κ3) is 1.90. The highest BCUT2D eigenvalue weighted by atomic mass is 79.9. The average Bonchev–Trinajstić information content (AvgIpc) is 1.99. The summed E-state index contributed by atoms with van der Waals surface area (Å²) in [7, 11) is 0. The topological polar surface area (TPSA) is 51.8 Å². The quantitative estimate of drug-likeness (QED) is 0.802. The molecule has 0 aromatic carbocycles. The molecule has 1 rings (SSSR count). The molecule has 0 unspecified atom stereocenters. The molecule has 0 aliphatic heterocycles. The fourth-order valence-corrected chi connectivity index (χ4v) is 1.67. The van der Waals surface area contributed by atoms with Crippen LogP contribution < -0.4 is 5.73 Å². The SMILES string of the molecule is CCc1nc(Br)c(N)c(Br)n1. The predicted octanol–water partition coefficient (Wildman–Crippen LogP) is 2.15. The zero-order valence-corrected chi connectivity index (χ0v) is 9.11. The maximum Gasteiger partial charge on any atom is 0.133 e. The van der Waals surface area contributed by atoms with Crippen molar-refractivity contribution in [2.24, 2.45) is 0 Å². The first-order chi connectivity index (χ1) is 5.15. The first-order valence-corrected chi connectivity index (χ1v) is 4.71. The van der Waals surface area contributed by atoms with Crippen LogP contribution in [0.5, 0.6) is 0 Å². The summed E-state index contributed by atoms with van der Waals surface area (Å²) < 4.78 is 1.30. The lowest BCUT2D eigenvalue weighted by Crippen LogP contribution is -1.99. The van der Waals surface area contributed by atoms with Gasteiger partial charge in [0.15, 0.2) is 0 Å². The van der Waals surface area contributed by atoms with E-state index in [2.05, 4.69) is 41.8 Å². The Kier molecular flexibility index (Phi) is 2.84. The molecule has 11 heavy (non-hydrogen) atoms. The summed E-state index contributed by atoms with van der Waals surface area (Å²) in [5.41, 5.74) is 6.13. The highest BCUT2D eigenvalue weighted by Gasteiger charge is 2.05. The Balaban J connectivity index is 3.21. The summed E-state index contributed by atoms with van der Waals surface area (Å²) in [5.74, 6) is 0.776. The molecule has 1 heterocycles. The van der Waals surface area contributed by atoms with Crippen molar-refractivity contribution in [2.45, 2.75) is 13.3 Å². The number of hydrogen-bond donors (Lipinski definition) is 1. The molecule has 0 radical (unpaired) electrons. The van der Waals surface area contributed by atoms with Crippen molar-refractivity contribution >= 4 is 37.5 Å². The molecule has 0 saturated carbocycles. The highest BCUT2D eigenvalue weighted by molar-refractivity contribution is 9.11. The van der Waals surface area contributed by atoms with Gasteiger partial charge in [-0.15, -0.1) is 0 Å². The van der Waals surface area contributed by atoms with Gasteiger partial charge in [0.1, 0.15) is 15.0 Å². The van der Waals surface area contributed by atoms with E-state index in [1.807, 2.05) is 6.92 Å². The van der Waals surface area contributed by atoms with Gasteiger partial charge in [-0.3, -0.25) is 0 Å². The van der Waals surface area contributed by atoms with E-state index >= 15 is 0 Å². The van der Waals surface area contributed by atoms with Gasteiger partial charge in [-0.2, -0.15) is 0 Å². The Morgan fingerprint density at radius 3 is 2.09 bits per heavy atom. The first kappa shape index (κ1) is 8.93. The molecule has 0 fully saturated rings. The van der Waals surface area contributed by atoms with E-state index in [-0.39, 0.29) is 0 Å². The fourth-order valence-electron chi connectivity index (χ4n) is 0.615. The fraction of sp³-hybridized carbons (Fsp3) is 0.333. The number of nitrogen functional groups attached to an aromatic ring is 1. The van der Waals surface area contributed by atoms with Gasteiger partial charge in [-0.1, -0.05) is 6.92 Å². The summed E-state index contributed by atoms with van der Waals surface area (Å²) in [5, 5.41) is 0. The van der Waals surface area contributed by atoms with Gasteiger partial charge < -0.3 is 5.73 Å². The summed E-state index contributed by atoms with van der Waals surface area (Å²) in [6.45, 7) is 1.99. The van der Waals surface area contributed by atoms with Crippen molar-refractivity contribution in [3.8, 4) is 0 Å². The average molecular weight is 281 g/mol. The van der Waals surface area contributed by atoms with Gasteiger partial charge in [0.2, 0.25) is 0 Å². The number of nitrogens with two attached hydrogens (primary N) is 1. The zero-order chi connectivity index (χ0) is 8.43. The minimum atomic E-state index is 0.544. The van der Waals surface area contributed by atoms with Gasteiger partial charge >= 0.3 is 0 Å². The molecule has 5 heteroatoms. The molecular formula is C6H7Br2N3. The lowest BCUT2D eigenvalue weighted by Gasteiger charge is -2.01. The van der Waals surface area contributed by atoms with Crippen LogP contribution in [-0.2, 0) is 6.42 Å². The van der Waals surface area contributed by atoms with E-state index < -0.39 is 0 Å². The normalized spacial score (nSPS) is 10.1. The Hall–Kier alpha value is -0.160. The molecule has 0 atom stereocenters. The van der Waals surface area contributed by atoms with E-state index in [0.717, 1.165) is 12.2 Å². The molecule has 0 bridgehead atoms. The van der Waals surface area contributed by atoms with Crippen LogP contribution >= 0.6 is 31.9 Å². The largest absolute Gasteiger partial charge is 0.394 e. The number of rotatable bonds is 1. The number of aryl methyl sites for hydroxylation is 1. The van der Waals surface area contributed by atoms with Crippen LogP contribution in [0.25, 0.3) is 0 Å². The Morgan fingerprint density at radius 1 is 1.27 bits per heavy atom. The molecule has 0 aliphatic rings. The van der Waals surface area contributed by atoms with Gasteiger partial charge in [0, 0.05) is 6.42 Å². The minimum absolute atomic E-state index is 0.544. The summed E-state index contributed by atoms with van der Waals surface area (Å²) in [6, 6.07) is 0. The maximum absolute atomic E-state index is 5.59. The van der Waals surface area contributed by atoms with E-state index in [0.29, 0.717) is 14.9 Å². The van der Waals surface area contributed by atoms with Crippen LogP contribution in [-0.4, -0.2) is 9.97 Å².